The van der Waals surface area contributed by atoms with Crippen LogP contribution in [0.15, 0.2) is 0 Å². The number of nitrogens with one attached hydrogen (secondary N) is 1. The van der Waals surface area contributed by atoms with Crippen molar-refractivity contribution in [1.29, 1.82) is 0 Å². The topological polar surface area (TPSA) is 29.1 Å². The number of hydrogen-bond donors (Lipinski definition) is 1. The smallest absolute Gasteiger partial charge is 0.219 e. The van der Waals surface area contributed by atoms with E-state index in [0.29, 0.717) is 0 Å². The Labute approximate surface area is 299 Å². The second-order valence-electron chi connectivity index (χ2n) is 15.5. The highest BCUT2D eigenvalue weighted by Crippen LogP contribution is 2.17. The van der Waals surface area contributed by atoms with Gasteiger partial charge in [0.1, 0.15) is 0 Å². The van der Waals surface area contributed by atoms with Crippen molar-refractivity contribution in [2.75, 3.05) is 6.54 Å². The van der Waals surface area contributed by atoms with Gasteiger partial charge in [-0.15, -0.1) is 0 Å². The largest absolute Gasteiger partial charge is 0.356 e. The van der Waals surface area contributed by atoms with Crippen molar-refractivity contribution in [2.45, 2.75) is 277 Å². The van der Waals surface area contributed by atoms with Gasteiger partial charge >= 0.3 is 0 Å². The summed E-state index contributed by atoms with van der Waals surface area (Å²) in [5.41, 5.74) is 0. The fourth-order valence-electron chi connectivity index (χ4n) is 7.24. The first kappa shape index (κ1) is 46.5. The second kappa shape index (κ2) is 43.5. The van der Waals surface area contributed by atoms with Crippen molar-refractivity contribution >= 4 is 5.91 Å². The lowest BCUT2D eigenvalue weighted by Crippen LogP contribution is -2.23. The molecule has 2 heteroatoms. The van der Waals surface area contributed by atoms with E-state index in [1.54, 1.807) is 0 Å². The van der Waals surface area contributed by atoms with Gasteiger partial charge in [-0.1, -0.05) is 258 Å². The lowest BCUT2D eigenvalue weighted by atomic mass is 10.0. The van der Waals surface area contributed by atoms with Crippen molar-refractivity contribution in [3.8, 4) is 0 Å². The van der Waals surface area contributed by atoms with Gasteiger partial charge in [-0.2, -0.15) is 0 Å². The van der Waals surface area contributed by atoms with Crippen LogP contribution in [-0.4, -0.2) is 12.5 Å². The molecule has 0 bridgehead atoms. The fraction of sp³-hybridized carbons (Fsp3) is 0.978. The maximum atomic E-state index is 12.1. The van der Waals surface area contributed by atoms with E-state index in [4.69, 9.17) is 0 Å². The van der Waals surface area contributed by atoms with Crippen LogP contribution in [-0.2, 0) is 4.79 Å². The number of unbranched alkanes of at least 4 members (excludes halogenated alkanes) is 38. The van der Waals surface area contributed by atoms with Crippen LogP contribution in [0, 0.1) is 0 Å². The summed E-state index contributed by atoms with van der Waals surface area (Å²) < 4.78 is 0. The Balaban J connectivity index is 3.12. The van der Waals surface area contributed by atoms with E-state index in [-0.39, 0.29) is 5.91 Å². The molecule has 0 rings (SSSR count). The lowest BCUT2D eigenvalue weighted by Gasteiger charge is -2.06. The molecule has 0 aromatic carbocycles. The summed E-state index contributed by atoms with van der Waals surface area (Å²) in [7, 11) is 0. The molecule has 0 fully saturated rings. The summed E-state index contributed by atoms with van der Waals surface area (Å²) in [6.45, 7) is 5.48. The molecule has 0 atom stereocenters. The van der Waals surface area contributed by atoms with E-state index in [9.17, 15) is 4.79 Å². The molecule has 2 nitrogen and oxygen atoms in total. The van der Waals surface area contributed by atoms with Gasteiger partial charge in [0.25, 0.3) is 0 Å². The van der Waals surface area contributed by atoms with E-state index < -0.39 is 0 Å². The van der Waals surface area contributed by atoms with Crippen LogP contribution >= 0.6 is 0 Å². The van der Waals surface area contributed by atoms with E-state index in [0.717, 1.165) is 25.8 Å². The number of carbonyl (C=O) groups is 1. The molecule has 1 N–H and O–H groups in total. The van der Waals surface area contributed by atoms with Crippen LogP contribution in [0.25, 0.3) is 0 Å². The van der Waals surface area contributed by atoms with Crippen molar-refractivity contribution in [3.63, 3.8) is 0 Å². The lowest BCUT2D eigenvalue weighted by molar-refractivity contribution is -0.121. The number of amides is 1. The Hall–Kier alpha value is -0.530. The summed E-state index contributed by atoms with van der Waals surface area (Å²) in [6.07, 6.45) is 57.2. The predicted molar refractivity (Wildman–Crippen MR) is 214 cm³/mol. The maximum Gasteiger partial charge on any atom is 0.219 e. The van der Waals surface area contributed by atoms with Crippen LogP contribution in [0.2, 0.25) is 0 Å². The quantitative estimate of drug-likeness (QED) is 0.0648. The van der Waals surface area contributed by atoms with Crippen LogP contribution in [0.5, 0.6) is 0 Å². The summed E-state index contributed by atoms with van der Waals surface area (Å²) in [5, 5.41) is 3.15. The molecule has 0 aliphatic heterocycles. The SMILES string of the molecule is CCCCCCCCCCCCCCCCCCCCCCCCCCCCCCNC(=O)CCCCCCCCCCCCCC. The maximum absolute atomic E-state index is 12.1. The third-order valence-corrected chi connectivity index (χ3v) is 10.6. The van der Waals surface area contributed by atoms with Gasteiger partial charge in [-0.25, -0.2) is 0 Å². The van der Waals surface area contributed by atoms with E-state index in [2.05, 4.69) is 19.2 Å². The minimum atomic E-state index is 0.280. The Bertz CT molecular complexity index is 560. The van der Waals surface area contributed by atoms with Crippen LogP contribution < -0.4 is 5.32 Å². The Kier molecular flexibility index (Phi) is 43.0. The van der Waals surface area contributed by atoms with Crippen molar-refractivity contribution in [3.05, 3.63) is 0 Å². The highest BCUT2D eigenvalue weighted by molar-refractivity contribution is 5.75. The zero-order chi connectivity index (χ0) is 34.0. The first-order valence-electron chi connectivity index (χ1n) is 22.6. The number of hydrogen-bond acceptors (Lipinski definition) is 1. The first-order chi connectivity index (χ1) is 23.3. The molecule has 282 valence electrons. The molecule has 0 spiro atoms. The molecule has 0 aromatic rings. The summed E-state index contributed by atoms with van der Waals surface area (Å²) >= 11 is 0. The van der Waals surface area contributed by atoms with Gasteiger partial charge in [-0.05, 0) is 12.8 Å². The molecule has 1 amide bonds. The van der Waals surface area contributed by atoms with Gasteiger partial charge < -0.3 is 5.32 Å². The Morgan fingerprint density at radius 2 is 0.468 bits per heavy atom. The summed E-state index contributed by atoms with van der Waals surface area (Å²) in [4.78, 5) is 12.1. The monoisotopic (exact) mass is 662 g/mol. The minimum Gasteiger partial charge on any atom is -0.356 e. The average molecular weight is 662 g/mol. The minimum absolute atomic E-state index is 0.280. The molecule has 47 heavy (non-hydrogen) atoms. The molecule has 0 saturated heterocycles. The molecule has 0 aliphatic rings. The third-order valence-electron chi connectivity index (χ3n) is 10.6. The van der Waals surface area contributed by atoms with E-state index in [1.807, 2.05) is 0 Å². The van der Waals surface area contributed by atoms with Crippen LogP contribution in [0.1, 0.15) is 277 Å². The molecule has 0 heterocycles. The van der Waals surface area contributed by atoms with Crippen molar-refractivity contribution < 1.29 is 4.79 Å². The van der Waals surface area contributed by atoms with E-state index in [1.165, 1.54) is 244 Å². The summed E-state index contributed by atoms with van der Waals surface area (Å²) in [5.74, 6) is 0.280. The Morgan fingerprint density at radius 3 is 0.702 bits per heavy atom. The zero-order valence-corrected chi connectivity index (χ0v) is 33.1. The highest BCUT2D eigenvalue weighted by Gasteiger charge is 2.01. The molecule has 0 aliphatic carbocycles. The average Bonchev–Trinajstić information content (AvgIpc) is 3.08. The summed E-state index contributed by atoms with van der Waals surface area (Å²) in [6, 6.07) is 0. The van der Waals surface area contributed by atoms with E-state index >= 15 is 0 Å². The van der Waals surface area contributed by atoms with Crippen LogP contribution in [0.3, 0.4) is 0 Å². The third kappa shape index (κ3) is 43.4. The van der Waals surface area contributed by atoms with Gasteiger partial charge in [0.2, 0.25) is 5.91 Å². The second-order valence-corrected chi connectivity index (χ2v) is 15.5. The number of rotatable bonds is 42. The molecular weight excluding hydrogens is 571 g/mol. The van der Waals surface area contributed by atoms with Crippen LogP contribution in [0.4, 0.5) is 0 Å². The molecule has 0 saturated carbocycles. The fourth-order valence-corrected chi connectivity index (χ4v) is 7.24. The molecule has 0 unspecified atom stereocenters. The standard InChI is InChI=1S/C45H91NO/c1-3-5-7-9-11-13-15-17-18-19-20-21-22-23-24-25-26-27-28-29-30-31-32-34-36-38-40-42-44-46-45(47)43-41-39-37-35-33-16-14-12-10-8-6-4-2/h3-44H2,1-2H3,(H,46,47). The Morgan fingerprint density at radius 1 is 0.277 bits per heavy atom. The first-order valence-corrected chi connectivity index (χ1v) is 22.6. The van der Waals surface area contributed by atoms with Crippen molar-refractivity contribution in [2.24, 2.45) is 0 Å². The van der Waals surface area contributed by atoms with Gasteiger partial charge in [0.15, 0.2) is 0 Å². The molecule has 0 radical (unpaired) electrons. The predicted octanol–water partition coefficient (Wildman–Crippen LogP) is 16.1. The van der Waals surface area contributed by atoms with Gasteiger partial charge in [0.05, 0.1) is 0 Å². The van der Waals surface area contributed by atoms with Gasteiger partial charge in [-0.3, -0.25) is 4.79 Å². The van der Waals surface area contributed by atoms with Gasteiger partial charge in [0, 0.05) is 13.0 Å². The molecule has 0 aromatic heterocycles. The molecular formula is C45H91NO. The number of carbonyl (C=O) groups excluding carboxylic acids is 1. The normalized spacial score (nSPS) is 11.4. The zero-order valence-electron chi connectivity index (χ0n) is 33.1. The van der Waals surface area contributed by atoms with Crippen molar-refractivity contribution in [1.82, 2.24) is 5.32 Å². The highest BCUT2D eigenvalue weighted by atomic mass is 16.1.